The summed E-state index contributed by atoms with van der Waals surface area (Å²) in [4.78, 5) is 16.7. The Balaban J connectivity index is 1.75. The van der Waals surface area contributed by atoms with Crippen molar-refractivity contribution in [3.63, 3.8) is 0 Å². The summed E-state index contributed by atoms with van der Waals surface area (Å²) in [6.07, 6.45) is -5.17. The van der Waals surface area contributed by atoms with Crippen molar-refractivity contribution >= 4 is 27.3 Å². The molecule has 3 nitrogen and oxygen atoms in total. The van der Waals surface area contributed by atoms with Gasteiger partial charge in [0.1, 0.15) is 5.75 Å². The van der Waals surface area contributed by atoms with Gasteiger partial charge < -0.3 is 4.74 Å². The second kappa shape index (κ2) is 8.08. The van der Waals surface area contributed by atoms with Crippen molar-refractivity contribution in [3.8, 4) is 5.75 Å². The van der Waals surface area contributed by atoms with Crippen molar-refractivity contribution in [2.45, 2.75) is 31.4 Å². The molecule has 142 valence electrons. The molecule has 0 amide bonds. The summed E-state index contributed by atoms with van der Waals surface area (Å²) in [5, 5.41) is 0.427. The van der Waals surface area contributed by atoms with E-state index in [1.54, 1.807) is 36.4 Å². The number of rotatable bonds is 7. The number of benzene rings is 2. The third-order valence-electron chi connectivity index (χ3n) is 4.27. The Morgan fingerprint density at radius 1 is 1.15 bits per heavy atom. The van der Waals surface area contributed by atoms with Crippen LogP contribution in [0.5, 0.6) is 5.75 Å². The SMILES string of the molecule is COc1ccc(C(=O)CCC(CC(F)(F)F)c2nc3ccccc3s2)cc1. The lowest BCUT2D eigenvalue weighted by atomic mass is 9.96. The second-order valence-electron chi connectivity index (χ2n) is 6.23. The standard InChI is InChI=1S/C20H18F3NO2S/c1-26-15-9-6-13(7-10-15)17(25)11-8-14(12-20(21,22)23)19-24-16-4-2-3-5-18(16)27-19/h2-7,9-10,14H,8,11-12H2,1H3. The Morgan fingerprint density at radius 3 is 2.48 bits per heavy atom. The molecule has 7 heteroatoms. The number of carbonyl (C=O) groups excluding carboxylic acids is 1. The predicted octanol–water partition coefficient (Wildman–Crippen LogP) is 6.00. The van der Waals surface area contributed by atoms with Crippen LogP contribution in [0.15, 0.2) is 48.5 Å². The summed E-state index contributed by atoms with van der Waals surface area (Å²) in [7, 11) is 1.52. The Labute approximate surface area is 158 Å². The molecule has 0 fully saturated rings. The second-order valence-corrected chi connectivity index (χ2v) is 7.29. The van der Waals surface area contributed by atoms with Gasteiger partial charge in [-0.05, 0) is 42.8 Å². The number of para-hydroxylation sites is 1. The predicted molar refractivity (Wildman–Crippen MR) is 99.6 cm³/mol. The molecule has 0 saturated carbocycles. The van der Waals surface area contributed by atoms with Crippen LogP contribution in [0.1, 0.15) is 40.5 Å². The number of Topliss-reactive ketones (excluding diaryl/α,β-unsaturated/α-hetero) is 1. The number of nitrogens with zero attached hydrogens (tertiary/aromatic N) is 1. The first kappa shape index (κ1) is 19.4. The summed E-state index contributed by atoms with van der Waals surface area (Å²) < 4.78 is 45.1. The van der Waals surface area contributed by atoms with Crippen LogP contribution in [-0.2, 0) is 0 Å². The molecule has 0 aliphatic rings. The van der Waals surface area contributed by atoms with Gasteiger partial charge in [0, 0.05) is 17.9 Å². The average Bonchev–Trinajstić information content (AvgIpc) is 3.08. The van der Waals surface area contributed by atoms with Crippen molar-refractivity contribution in [1.29, 1.82) is 0 Å². The van der Waals surface area contributed by atoms with Crippen LogP contribution in [0.2, 0.25) is 0 Å². The molecule has 0 bridgehead atoms. The van der Waals surface area contributed by atoms with E-state index in [-0.39, 0.29) is 18.6 Å². The van der Waals surface area contributed by atoms with E-state index in [0.717, 1.165) is 4.70 Å². The molecular weight excluding hydrogens is 375 g/mol. The van der Waals surface area contributed by atoms with E-state index < -0.39 is 18.5 Å². The summed E-state index contributed by atoms with van der Waals surface area (Å²) in [5.41, 5.74) is 1.15. The summed E-state index contributed by atoms with van der Waals surface area (Å²) in [5.74, 6) is -0.397. The Morgan fingerprint density at radius 2 is 1.85 bits per heavy atom. The fraction of sp³-hybridized carbons (Fsp3) is 0.300. The van der Waals surface area contributed by atoms with E-state index in [0.29, 0.717) is 21.8 Å². The van der Waals surface area contributed by atoms with Crippen molar-refractivity contribution in [2.75, 3.05) is 7.11 Å². The van der Waals surface area contributed by atoms with E-state index in [2.05, 4.69) is 4.98 Å². The molecule has 3 rings (SSSR count). The first-order valence-electron chi connectivity index (χ1n) is 8.45. The minimum absolute atomic E-state index is 0.0308. The number of aromatic nitrogens is 1. The first-order chi connectivity index (χ1) is 12.9. The number of methoxy groups -OCH3 is 1. The zero-order chi connectivity index (χ0) is 19.4. The molecule has 27 heavy (non-hydrogen) atoms. The normalized spacial score (nSPS) is 12.9. The number of ketones is 1. The highest BCUT2D eigenvalue weighted by Crippen LogP contribution is 2.38. The fourth-order valence-corrected chi connectivity index (χ4v) is 3.99. The van der Waals surface area contributed by atoms with Crippen LogP contribution in [-0.4, -0.2) is 24.1 Å². The summed E-state index contributed by atoms with van der Waals surface area (Å²) >= 11 is 1.26. The van der Waals surface area contributed by atoms with Crippen molar-refractivity contribution in [2.24, 2.45) is 0 Å². The third kappa shape index (κ3) is 5.07. The lowest BCUT2D eigenvalue weighted by Crippen LogP contribution is -2.15. The van der Waals surface area contributed by atoms with Crippen LogP contribution >= 0.6 is 11.3 Å². The molecule has 3 aromatic rings. The molecule has 1 aromatic heterocycles. The lowest BCUT2D eigenvalue weighted by molar-refractivity contribution is -0.139. The van der Waals surface area contributed by atoms with Gasteiger partial charge >= 0.3 is 6.18 Å². The number of fused-ring (bicyclic) bond motifs is 1. The molecule has 2 aromatic carbocycles. The number of hydrogen-bond acceptors (Lipinski definition) is 4. The molecule has 0 spiro atoms. The highest BCUT2D eigenvalue weighted by molar-refractivity contribution is 7.18. The number of halogens is 3. The Bertz CT molecular complexity index is 886. The largest absolute Gasteiger partial charge is 0.497 e. The number of ether oxygens (including phenoxy) is 1. The molecule has 1 unspecified atom stereocenters. The van der Waals surface area contributed by atoms with Crippen LogP contribution in [0.4, 0.5) is 13.2 Å². The van der Waals surface area contributed by atoms with Crippen LogP contribution in [0, 0.1) is 0 Å². The average molecular weight is 393 g/mol. The monoisotopic (exact) mass is 393 g/mol. The highest BCUT2D eigenvalue weighted by atomic mass is 32.1. The number of hydrogen-bond donors (Lipinski definition) is 0. The van der Waals surface area contributed by atoms with Gasteiger partial charge in [-0.15, -0.1) is 11.3 Å². The Kier molecular flexibility index (Phi) is 5.79. The minimum Gasteiger partial charge on any atom is -0.497 e. The van der Waals surface area contributed by atoms with E-state index in [9.17, 15) is 18.0 Å². The fourth-order valence-electron chi connectivity index (χ4n) is 2.88. The molecule has 0 aliphatic carbocycles. The van der Waals surface area contributed by atoms with Gasteiger partial charge in [-0.2, -0.15) is 13.2 Å². The highest BCUT2D eigenvalue weighted by Gasteiger charge is 2.34. The number of carbonyl (C=O) groups is 1. The van der Waals surface area contributed by atoms with Crippen molar-refractivity contribution < 1.29 is 22.7 Å². The lowest BCUT2D eigenvalue weighted by Gasteiger charge is -2.16. The maximum Gasteiger partial charge on any atom is 0.389 e. The van der Waals surface area contributed by atoms with E-state index >= 15 is 0 Å². The zero-order valence-corrected chi connectivity index (χ0v) is 15.4. The minimum atomic E-state index is -4.31. The zero-order valence-electron chi connectivity index (χ0n) is 14.6. The summed E-state index contributed by atoms with van der Waals surface area (Å²) in [6, 6.07) is 13.8. The molecule has 1 heterocycles. The molecule has 1 atom stereocenters. The van der Waals surface area contributed by atoms with E-state index in [4.69, 9.17) is 4.74 Å². The first-order valence-corrected chi connectivity index (χ1v) is 9.27. The number of alkyl halides is 3. The van der Waals surface area contributed by atoms with Crippen LogP contribution in [0.3, 0.4) is 0 Å². The smallest absolute Gasteiger partial charge is 0.389 e. The quantitative estimate of drug-likeness (QED) is 0.462. The van der Waals surface area contributed by atoms with Gasteiger partial charge in [0.15, 0.2) is 5.78 Å². The van der Waals surface area contributed by atoms with Crippen molar-refractivity contribution in [3.05, 3.63) is 59.1 Å². The van der Waals surface area contributed by atoms with Gasteiger partial charge in [0.2, 0.25) is 0 Å². The van der Waals surface area contributed by atoms with Gasteiger partial charge in [-0.25, -0.2) is 4.98 Å². The van der Waals surface area contributed by atoms with Gasteiger partial charge in [-0.1, -0.05) is 12.1 Å². The topological polar surface area (TPSA) is 39.2 Å². The third-order valence-corrected chi connectivity index (χ3v) is 5.47. The number of thiazole rings is 1. The molecule has 0 aliphatic heterocycles. The van der Waals surface area contributed by atoms with Gasteiger partial charge in [0.05, 0.1) is 28.8 Å². The van der Waals surface area contributed by atoms with Crippen LogP contribution in [0.25, 0.3) is 10.2 Å². The Hall–Kier alpha value is -2.41. The molecule has 0 radical (unpaired) electrons. The molecule has 0 saturated heterocycles. The van der Waals surface area contributed by atoms with E-state index in [1.807, 2.05) is 12.1 Å². The molecular formula is C20H18F3NO2S. The van der Waals surface area contributed by atoms with Crippen molar-refractivity contribution in [1.82, 2.24) is 4.98 Å². The molecule has 0 N–H and O–H groups in total. The van der Waals surface area contributed by atoms with Gasteiger partial charge in [0.25, 0.3) is 0 Å². The van der Waals surface area contributed by atoms with E-state index in [1.165, 1.54) is 18.4 Å². The van der Waals surface area contributed by atoms with Crippen LogP contribution < -0.4 is 4.74 Å². The maximum absolute atomic E-state index is 13.1. The van der Waals surface area contributed by atoms with Gasteiger partial charge in [-0.3, -0.25) is 4.79 Å². The summed E-state index contributed by atoms with van der Waals surface area (Å²) in [6.45, 7) is 0. The maximum atomic E-state index is 13.1.